The van der Waals surface area contributed by atoms with E-state index in [-0.39, 0.29) is 5.91 Å². The third-order valence-electron chi connectivity index (χ3n) is 4.73. The van der Waals surface area contributed by atoms with Gasteiger partial charge in [-0.25, -0.2) is 5.01 Å². The number of rotatable bonds is 5. The summed E-state index contributed by atoms with van der Waals surface area (Å²) in [6.45, 7) is 0. The zero-order valence-electron chi connectivity index (χ0n) is 16.3. The first-order valence-corrected chi connectivity index (χ1v) is 8.67. The van der Waals surface area contributed by atoms with Crippen LogP contribution in [-0.4, -0.2) is 51.3 Å². The summed E-state index contributed by atoms with van der Waals surface area (Å²) in [5.74, 6) is 1.21. The smallest absolute Gasteiger partial charge is 0.268 e. The van der Waals surface area contributed by atoms with E-state index in [9.17, 15) is 4.79 Å². The number of hydrazine groups is 1. The zero-order chi connectivity index (χ0) is 19.6. The molecule has 0 saturated carbocycles. The number of amides is 1. The largest absolute Gasteiger partial charge is 0.493 e. The molecule has 1 amide bonds. The molecule has 0 heterocycles. The van der Waals surface area contributed by atoms with Crippen molar-refractivity contribution in [3.05, 3.63) is 60.2 Å². The third kappa shape index (κ3) is 3.46. The Morgan fingerprint density at radius 3 is 2.22 bits per heavy atom. The Balaban J connectivity index is 2.29. The molecular weight excluding hydrogens is 340 g/mol. The van der Waals surface area contributed by atoms with Crippen molar-refractivity contribution in [2.24, 2.45) is 0 Å². The summed E-state index contributed by atoms with van der Waals surface area (Å²) in [5.41, 5.74) is 2.42. The van der Waals surface area contributed by atoms with E-state index in [2.05, 4.69) is 0 Å². The van der Waals surface area contributed by atoms with Crippen LogP contribution in [-0.2, 0) is 0 Å². The molecule has 5 nitrogen and oxygen atoms in total. The van der Waals surface area contributed by atoms with Crippen molar-refractivity contribution in [3.8, 4) is 22.6 Å². The number of ether oxygens (including phenoxy) is 2. The van der Waals surface area contributed by atoms with Crippen LogP contribution in [0.5, 0.6) is 11.5 Å². The predicted molar refractivity (Wildman–Crippen MR) is 108 cm³/mol. The Hall–Kier alpha value is -3.05. The van der Waals surface area contributed by atoms with E-state index in [1.54, 1.807) is 31.3 Å². The fraction of sp³-hybridized carbons (Fsp3) is 0.227. The zero-order valence-corrected chi connectivity index (χ0v) is 16.3. The highest BCUT2D eigenvalue weighted by molar-refractivity contribution is 6.09. The highest BCUT2D eigenvalue weighted by atomic mass is 16.5. The molecule has 0 atom stereocenters. The quantitative estimate of drug-likeness (QED) is 0.640. The molecule has 0 bridgehead atoms. The van der Waals surface area contributed by atoms with E-state index < -0.39 is 0 Å². The lowest BCUT2D eigenvalue weighted by Crippen LogP contribution is -2.38. The second kappa shape index (κ2) is 7.68. The van der Waals surface area contributed by atoms with Gasteiger partial charge in [0.1, 0.15) is 0 Å². The van der Waals surface area contributed by atoms with Crippen LogP contribution < -0.4 is 9.47 Å². The highest BCUT2D eigenvalue weighted by Gasteiger charge is 2.21. The van der Waals surface area contributed by atoms with Crippen molar-refractivity contribution >= 4 is 16.7 Å². The summed E-state index contributed by atoms with van der Waals surface area (Å²) in [6, 6.07) is 17.7. The van der Waals surface area contributed by atoms with E-state index in [1.807, 2.05) is 68.7 Å². The Morgan fingerprint density at radius 1 is 0.852 bits per heavy atom. The summed E-state index contributed by atoms with van der Waals surface area (Å²) in [5, 5.41) is 5.44. The summed E-state index contributed by atoms with van der Waals surface area (Å²) < 4.78 is 10.8. The lowest BCUT2D eigenvalue weighted by Gasteiger charge is -2.26. The maximum Gasteiger partial charge on any atom is 0.268 e. The molecule has 0 saturated heterocycles. The van der Waals surface area contributed by atoms with Crippen molar-refractivity contribution in [2.75, 3.05) is 35.4 Å². The molecule has 0 fully saturated rings. The van der Waals surface area contributed by atoms with Crippen LogP contribution >= 0.6 is 0 Å². The number of hydrogen-bond donors (Lipinski definition) is 0. The normalized spacial score (nSPS) is 10.9. The summed E-state index contributed by atoms with van der Waals surface area (Å²) >= 11 is 0. The number of carbonyl (C=O) groups is 1. The standard InChI is InChI=1S/C22H24N2O3/c1-23(2)24(3)22(25)18-12-10-15-8-6-7-9-17(15)21(18)16-11-13-19(26-4)20(14-16)27-5/h6-14H,1-5H3. The number of nitrogens with zero attached hydrogens (tertiary/aromatic N) is 2. The number of methoxy groups -OCH3 is 2. The van der Waals surface area contributed by atoms with E-state index in [4.69, 9.17) is 9.47 Å². The summed E-state index contributed by atoms with van der Waals surface area (Å²) in [6.07, 6.45) is 0. The van der Waals surface area contributed by atoms with Crippen LogP contribution in [0.2, 0.25) is 0 Å². The van der Waals surface area contributed by atoms with Gasteiger partial charge in [-0.1, -0.05) is 36.4 Å². The Morgan fingerprint density at radius 2 is 1.56 bits per heavy atom. The molecular formula is C22H24N2O3. The summed E-state index contributed by atoms with van der Waals surface area (Å²) in [4.78, 5) is 13.1. The molecule has 0 radical (unpaired) electrons. The first-order valence-electron chi connectivity index (χ1n) is 8.67. The number of hydrogen-bond acceptors (Lipinski definition) is 4. The first kappa shape index (κ1) is 18.7. The van der Waals surface area contributed by atoms with Gasteiger partial charge in [0.05, 0.1) is 14.2 Å². The first-order chi connectivity index (χ1) is 13.0. The van der Waals surface area contributed by atoms with Gasteiger partial charge in [0, 0.05) is 32.3 Å². The number of fused-ring (bicyclic) bond motifs is 1. The van der Waals surface area contributed by atoms with E-state index in [0.29, 0.717) is 17.1 Å². The molecule has 0 unspecified atom stereocenters. The Bertz CT molecular complexity index is 982. The monoisotopic (exact) mass is 364 g/mol. The molecule has 27 heavy (non-hydrogen) atoms. The van der Waals surface area contributed by atoms with Gasteiger partial charge in [0.25, 0.3) is 5.91 Å². The highest BCUT2D eigenvalue weighted by Crippen LogP contribution is 2.37. The van der Waals surface area contributed by atoms with Crippen LogP contribution in [0.4, 0.5) is 0 Å². The Labute approximate surface area is 159 Å². The maximum atomic E-state index is 13.1. The van der Waals surface area contributed by atoms with Crippen LogP contribution in [0, 0.1) is 0 Å². The molecule has 0 aromatic heterocycles. The van der Waals surface area contributed by atoms with Gasteiger partial charge >= 0.3 is 0 Å². The average Bonchev–Trinajstić information content (AvgIpc) is 2.71. The fourth-order valence-corrected chi connectivity index (χ4v) is 3.11. The van der Waals surface area contributed by atoms with Crippen LogP contribution in [0.25, 0.3) is 21.9 Å². The van der Waals surface area contributed by atoms with Crippen LogP contribution in [0.3, 0.4) is 0 Å². The average molecular weight is 364 g/mol. The summed E-state index contributed by atoms with van der Waals surface area (Å²) in [7, 11) is 8.66. The van der Waals surface area contributed by atoms with E-state index in [1.165, 1.54) is 0 Å². The van der Waals surface area contributed by atoms with Crippen molar-refractivity contribution in [1.29, 1.82) is 0 Å². The molecule has 0 N–H and O–H groups in total. The number of carbonyl (C=O) groups excluding carboxylic acids is 1. The van der Waals surface area contributed by atoms with Gasteiger partial charge in [0.15, 0.2) is 11.5 Å². The van der Waals surface area contributed by atoms with Gasteiger partial charge in [0.2, 0.25) is 0 Å². The molecule has 140 valence electrons. The van der Waals surface area contributed by atoms with E-state index >= 15 is 0 Å². The molecule has 0 spiro atoms. The van der Waals surface area contributed by atoms with Crippen molar-refractivity contribution in [1.82, 2.24) is 10.0 Å². The molecule has 0 aliphatic heterocycles. The molecule has 0 aliphatic rings. The second-order valence-electron chi connectivity index (χ2n) is 6.45. The topological polar surface area (TPSA) is 42.0 Å². The van der Waals surface area contributed by atoms with Gasteiger partial charge < -0.3 is 9.47 Å². The van der Waals surface area contributed by atoms with Crippen LogP contribution in [0.1, 0.15) is 10.4 Å². The van der Waals surface area contributed by atoms with Gasteiger partial charge in [-0.05, 0) is 34.5 Å². The van der Waals surface area contributed by atoms with Gasteiger partial charge in [-0.3, -0.25) is 9.80 Å². The van der Waals surface area contributed by atoms with E-state index in [0.717, 1.165) is 21.9 Å². The third-order valence-corrected chi connectivity index (χ3v) is 4.73. The minimum atomic E-state index is -0.0736. The molecule has 0 aliphatic carbocycles. The lowest BCUT2D eigenvalue weighted by atomic mass is 9.92. The molecule has 3 aromatic carbocycles. The lowest BCUT2D eigenvalue weighted by molar-refractivity contribution is 0.0342. The second-order valence-corrected chi connectivity index (χ2v) is 6.45. The molecule has 5 heteroatoms. The van der Waals surface area contributed by atoms with Gasteiger partial charge in [-0.15, -0.1) is 0 Å². The maximum absolute atomic E-state index is 13.1. The minimum absolute atomic E-state index is 0.0736. The van der Waals surface area contributed by atoms with Crippen molar-refractivity contribution in [2.45, 2.75) is 0 Å². The predicted octanol–water partition coefficient (Wildman–Crippen LogP) is 4.07. The van der Waals surface area contributed by atoms with Gasteiger partial charge in [-0.2, -0.15) is 0 Å². The fourth-order valence-electron chi connectivity index (χ4n) is 3.11. The van der Waals surface area contributed by atoms with Crippen molar-refractivity contribution < 1.29 is 14.3 Å². The SMILES string of the molecule is COc1ccc(-c2c(C(=O)N(C)N(C)C)ccc3ccccc23)cc1OC. The number of benzene rings is 3. The van der Waals surface area contributed by atoms with Crippen LogP contribution in [0.15, 0.2) is 54.6 Å². The minimum Gasteiger partial charge on any atom is -0.493 e. The van der Waals surface area contributed by atoms with Crippen molar-refractivity contribution in [3.63, 3.8) is 0 Å². The molecule has 3 rings (SSSR count). The molecule has 3 aromatic rings. The Kier molecular flexibility index (Phi) is 5.33.